The quantitative estimate of drug-likeness (QED) is 0.255. The molecule has 0 saturated carbocycles. The van der Waals surface area contributed by atoms with Crippen LogP contribution in [0, 0.1) is 19.1 Å². The lowest BCUT2D eigenvalue weighted by atomic mass is 10.1. The Bertz CT molecular complexity index is 1510. The highest BCUT2D eigenvalue weighted by Gasteiger charge is 2.34. The molecule has 0 saturated heterocycles. The number of nitrogens with zero attached hydrogens (tertiary/aromatic N) is 5. The minimum atomic E-state index is -4.09. The third kappa shape index (κ3) is 4.94. The van der Waals surface area contributed by atoms with Gasteiger partial charge in [-0.05, 0) is 45.0 Å². The van der Waals surface area contributed by atoms with Crippen LogP contribution in [0.3, 0.4) is 0 Å². The Hall–Kier alpha value is -4.13. The maximum absolute atomic E-state index is 13.5. The Morgan fingerprint density at radius 1 is 1.08 bits per heavy atom. The normalized spacial score (nSPS) is 13.2. The lowest BCUT2D eigenvalue weighted by Gasteiger charge is -2.21. The number of furan rings is 1. The minimum Gasteiger partial charge on any atom is -0.618 e. The number of aryl methyl sites for hydroxylation is 2. The number of benzene rings is 1. The number of hydrogen-bond acceptors (Lipinski definition) is 9. The van der Waals surface area contributed by atoms with Crippen molar-refractivity contribution in [3.8, 4) is 28.8 Å². The fraction of sp³-hybridized carbons (Fsp3) is 0.333. The summed E-state index contributed by atoms with van der Waals surface area (Å²) < 4.78 is 48.6. The van der Waals surface area contributed by atoms with Crippen LogP contribution in [0.15, 0.2) is 47.1 Å². The number of methoxy groups -OCH3 is 2. The van der Waals surface area contributed by atoms with Gasteiger partial charge in [-0.2, -0.15) is 4.73 Å². The van der Waals surface area contributed by atoms with Crippen molar-refractivity contribution < 1.29 is 27.0 Å². The number of aromatic nitrogens is 5. The molecule has 1 aromatic carbocycles. The summed E-state index contributed by atoms with van der Waals surface area (Å²) in [6.07, 6.45) is 2.69. The van der Waals surface area contributed by atoms with Crippen LogP contribution >= 0.6 is 0 Å². The van der Waals surface area contributed by atoms with E-state index in [9.17, 15) is 13.6 Å². The summed E-state index contributed by atoms with van der Waals surface area (Å²) in [6.45, 7) is 6.62. The first kappa shape index (κ1) is 25.9. The van der Waals surface area contributed by atoms with Crippen molar-refractivity contribution in [3.05, 3.63) is 65.1 Å². The highest BCUT2D eigenvalue weighted by Crippen LogP contribution is 2.38. The van der Waals surface area contributed by atoms with Crippen LogP contribution in [0.4, 0.5) is 5.95 Å². The molecule has 37 heavy (non-hydrogen) atoms. The molecule has 1 N–H and O–H groups in total. The van der Waals surface area contributed by atoms with Gasteiger partial charge in [0.15, 0.2) is 5.76 Å². The van der Waals surface area contributed by atoms with Crippen molar-refractivity contribution in [1.29, 1.82) is 0 Å². The molecule has 13 heteroatoms. The van der Waals surface area contributed by atoms with E-state index < -0.39 is 21.2 Å². The molecule has 2 atom stereocenters. The second-order valence-electron chi connectivity index (χ2n) is 8.52. The van der Waals surface area contributed by atoms with Gasteiger partial charge in [-0.3, -0.25) is 9.29 Å². The number of nitrogens with one attached hydrogen (secondary N) is 1. The standard InChI is InChI=1S/C24H28N6O6S/c1-14-13-29(31)18(12-25-14)16(3)17(4)37(32,33)28-24-27-26-23(21-11-10-15(2)36-21)30(24)22-19(34-5)8-7-9-20(22)35-6/h7-13,16-17H,1-6H3,(H,27,28)/t16-,17-/m1/s1. The molecule has 4 rings (SSSR count). The van der Waals surface area contributed by atoms with E-state index in [-0.39, 0.29) is 17.5 Å². The zero-order chi connectivity index (χ0) is 26.9. The molecule has 0 aliphatic carbocycles. The van der Waals surface area contributed by atoms with Crippen molar-refractivity contribution in [2.45, 2.75) is 38.9 Å². The van der Waals surface area contributed by atoms with Crippen molar-refractivity contribution in [3.63, 3.8) is 0 Å². The molecule has 0 aliphatic heterocycles. The Morgan fingerprint density at radius 2 is 1.76 bits per heavy atom. The maximum Gasteiger partial charge on any atom is 0.243 e. The van der Waals surface area contributed by atoms with Crippen LogP contribution in [0.2, 0.25) is 0 Å². The summed E-state index contributed by atoms with van der Waals surface area (Å²) in [5.74, 6) is 1.22. The fourth-order valence-electron chi connectivity index (χ4n) is 3.88. The van der Waals surface area contributed by atoms with Crippen molar-refractivity contribution in [1.82, 2.24) is 19.7 Å². The molecule has 0 unspecified atom stereocenters. The maximum atomic E-state index is 13.5. The van der Waals surface area contributed by atoms with Crippen molar-refractivity contribution in [2.75, 3.05) is 18.9 Å². The zero-order valence-corrected chi connectivity index (χ0v) is 22.1. The first-order valence-electron chi connectivity index (χ1n) is 11.4. The summed E-state index contributed by atoms with van der Waals surface area (Å²) in [5.41, 5.74) is 1.13. The van der Waals surface area contributed by atoms with Crippen LogP contribution in [-0.2, 0) is 10.0 Å². The first-order valence-corrected chi connectivity index (χ1v) is 12.9. The number of rotatable bonds is 9. The van der Waals surface area contributed by atoms with Gasteiger partial charge in [-0.15, -0.1) is 10.2 Å². The van der Waals surface area contributed by atoms with Gasteiger partial charge in [0.2, 0.25) is 33.7 Å². The predicted octanol–water partition coefficient (Wildman–Crippen LogP) is 3.12. The van der Waals surface area contributed by atoms with Gasteiger partial charge < -0.3 is 19.1 Å². The largest absolute Gasteiger partial charge is 0.618 e. The summed E-state index contributed by atoms with van der Waals surface area (Å²) in [6, 6.07) is 8.61. The molecule has 196 valence electrons. The fourth-order valence-corrected chi connectivity index (χ4v) is 5.13. The average Bonchev–Trinajstić information content (AvgIpc) is 3.47. The van der Waals surface area contributed by atoms with Crippen LogP contribution in [0.5, 0.6) is 11.5 Å². The van der Waals surface area contributed by atoms with E-state index in [4.69, 9.17) is 13.9 Å². The smallest absolute Gasteiger partial charge is 0.243 e. The van der Waals surface area contributed by atoms with Gasteiger partial charge >= 0.3 is 0 Å². The number of hydrogen-bond donors (Lipinski definition) is 1. The van der Waals surface area contributed by atoms with E-state index in [1.165, 1.54) is 38.1 Å². The molecule has 3 aromatic heterocycles. The predicted molar refractivity (Wildman–Crippen MR) is 135 cm³/mol. The second kappa shape index (κ2) is 10.1. The van der Waals surface area contributed by atoms with Crippen LogP contribution < -0.4 is 18.9 Å². The monoisotopic (exact) mass is 528 g/mol. The third-order valence-corrected chi connectivity index (χ3v) is 7.96. The van der Waals surface area contributed by atoms with Crippen molar-refractivity contribution in [2.24, 2.45) is 0 Å². The molecule has 12 nitrogen and oxygen atoms in total. The molecule has 0 aliphatic rings. The van der Waals surface area contributed by atoms with E-state index in [0.717, 1.165) is 0 Å². The highest BCUT2D eigenvalue weighted by molar-refractivity contribution is 7.93. The molecule has 3 heterocycles. The van der Waals surface area contributed by atoms with Crippen LogP contribution in [0.1, 0.15) is 36.9 Å². The summed E-state index contributed by atoms with van der Waals surface area (Å²) in [5, 5.41) is 19.7. The van der Waals surface area contributed by atoms with Gasteiger partial charge in [-0.25, -0.2) is 13.4 Å². The van der Waals surface area contributed by atoms with Gasteiger partial charge in [0, 0.05) is 0 Å². The van der Waals surface area contributed by atoms with Crippen molar-refractivity contribution >= 4 is 16.0 Å². The van der Waals surface area contributed by atoms with E-state index in [2.05, 4.69) is 19.9 Å². The molecule has 0 spiro atoms. The summed E-state index contributed by atoms with van der Waals surface area (Å²) in [7, 11) is -1.11. The highest BCUT2D eigenvalue weighted by atomic mass is 32.2. The molecule has 0 fully saturated rings. The number of sulfonamides is 1. The summed E-state index contributed by atoms with van der Waals surface area (Å²) >= 11 is 0. The van der Waals surface area contributed by atoms with Gasteiger partial charge in [0.25, 0.3) is 0 Å². The Kier molecular flexibility index (Phi) is 7.07. The van der Waals surface area contributed by atoms with Crippen LogP contribution in [-0.4, -0.2) is 47.6 Å². The van der Waals surface area contributed by atoms with Gasteiger partial charge in [0.1, 0.15) is 28.6 Å². The molecule has 0 radical (unpaired) electrons. The zero-order valence-electron chi connectivity index (χ0n) is 21.3. The topological polar surface area (TPSA) is 148 Å². The molecule has 0 bridgehead atoms. The minimum absolute atomic E-state index is 0.108. The Morgan fingerprint density at radius 3 is 2.32 bits per heavy atom. The van der Waals surface area contributed by atoms with Crippen LogP contribution in [0.25, 0.3) is 17.3 Å². The number of para-hydroxylation sites is 1. The van der Waals surface area contributed by atoms with E-state index >= 15 is 0 Å². The number of anilines is 1. The van der Waals surface area contributed by atoms with E-state index in [0.29, 0.717) is 39.1 Å². The molecule has 4 aromatic rings. The Labute approximate surface area is 214 Å². The van der Waals surface area contributed by atoms with E-state index in [1.807, 2.05) is 0 Å². The lowest BCUT2D eigenvalue weighted by Crippen LogP contribution is -2.39. The molecule has 0 amide bonds. The van der Waals surface area contributed by atoms with Gasteiger partial charge in [0.05, 0.1) is 31.6 Å². The first-order chi connectivity index (χ1) is 17.6. The average molecular weight is 529 g/mol. The molecular weight excluding hydrogens is 500 g/mol. The third-order valence-electron chi connectivity index (χ3n) is 6.10. The summed E-state index contributed by atoms with van der Waals surface area (Å²) in [4.78, 5) is 4.14. The second-order valence-corrected chi connectivity index (χ2v) is 10.6. The SMILES string of the molecule is COc1cccc(OC)c1-n1c(NS(=O)(=O)[C@H](C)[C@@H](C)c2cnc(C)c[n+]2[O-])nnc1-c1ccc(C)o1. The lowest BCUT2D eigenvalue weighted by molar-refractivity contribution is -0.616. The molecular formula is C24H28N6O6S. The van der Waals surface area contributed by atoms with E-state index in [1.54, 1.807) is 51.1 Å². The number of ether oxygens (including phenoxy) is 2. The van der Waals surface area contributed by atoms with Gasteiger partial charge in [-0.1, -0.05) is 13.0 Å². The Balaban J connectivity index is 1.82.